The molecule has 0 amide bonds. The number of hydrogen-bond donors (Lipinski definition) is 1. The van der Waals surface area contributed by atoms with E-state index >= 15 is 0 Å². The average molecular weight is 326 g/mol. The van der Waals surface area contributed by atoms with Crippen LogP contribution in [0.5, 0.6) is 11.5 Å². The Morgan fingerprint density at radius 2 is 2.10 bits per heavy atom. The van der Waals surface area contributed by atoms with Crippen molar-refractivity contribution in [2.45, 2.75) is 25.9 Å². The summed E-state index contributed by atoms with van der Waals surface area (Å²) in [5.74, 6) is 1.24. The van der Waals surface area contributed by atoms with Crippen LogP contribution in [-0.4, -0.2) is 14.2 Å². The van der Waals surface area contributed by atoms with Gasteiger partial charge in [0.25, 0.3) is 0 Å². The van der Waals surface area contributed by atoms with Gasteiger partial charge >= 0.3 is 0 Å². The minimum absolute atomic E-state index is 0.358. The normalized spacial score (nSPS) is 12.2. The number of halogens is 1. The van der Waals surface area contributed by atoms with Crippen molar-refractivity contribution in [2.75, 3.05) is 14.2 Å². The van der Waals surface area contributed by atoms with Gasteiger partial charge in [0.05, 0.1) is 19.2 Å². The Hall–Kier alpha value is -1.23. The first kappa shape index (κ1) is 16.1. The average Bonchev–Trinajstić information content (AvgIpc) is 3.01. The monoisotopic (exact) mass is 325 g/mol. The minimum atomic E-state index is 0.358. The third kappa shape index (κ3) is 3.90. The zero-order valence-electron chi connectivity index (χ0n) is 12.5. The van der Waals surface area contributed by atoms with Crippen LogP contribution in [0.3, 0.4) is 0 Å². The van der Waals surface area contributed by atoms with Crippen LogP contribution in [0.4, 0.5) is 0 Å². The molecule has 0 saturated heterocycles. The van der Waals surface area contributed by atoms with Crippen LogP contribution in [0.1, 0.15) is 29.8 Å². The van der Waals surface area contributed by atoms with Crippen LogP contribution in [0.2, 0.25) is 5.02 Å². The van der Waals surface area contributed by atoms with Gasteiger partial charge in [-0.15, -0.1) is 11.3 Å². The smallest absolute Gasteiger partial charge is 0.179 e. The maximum absolute atomic E-state index is 6.23. The van der Waals surface area contributed by atoms with E-state index in [2.05, 4.69) is 29.8 Å². The summed E-state index contributed by atoms with van der Waals surface area (Å²) in [4.78, 5) is 1.35. The molecule has 1 aromatic carbocycles. The Kier molecular flexibility index (Phi) is 5.91. The summed E-state index contributed by atoms with van der Waals surface area (Å²) in [6, 6.07) is 8.47. The zero-order valence-corrected chi connectivity index (χ0v) is 14.1. The zero-order chi connectivity index (χ0) is 15.2. The molecule has 0 aliphatic carbocycles. The molecule has 2 rings (SSSR count). The highest BCUT2D eigenvalue weighted by molar-refractivity contribution is 7.10. The van der Waals surface area contributed by atoms with Gasteiger partial charge in [0.1, 0.15) is 0 Å². The molecule has 0 saturated carbocycles. The molecule has 1 unspecified atom stereocenters. The second kappa shape index (κ2) is 7.69. The van der Waals surface area contributed by atoms with Crippen molar-refractivity contribution in [3.05, 3.63) is 45.1 Å². The molecule has 0 aliphatic rings. The van der Waals surface area contributed by atoms with E-state index in [-0.39, 0.29) is 0 Å². The molecule has 1 atom stereocenters. The third-order valence-corrected chi connectivity index (χ3v) is 4.61. The quantitative estimate of drug-likeness (QED) is 0.803. The highest BCUT2D eigenvalue weighted by Gasteiger charge is 2.13. The molecule has 2 aromatic rings. The Balaban J connectivity index is 2.11. The van der Waals surface area contributed by atoms with Gasteiger partial charge in [0, 0.05) is 17.5 Å². The van der Waals surface area contributed by atoms with Crippen molar-refractivity contribution in [3.8, 4) is 11.5 Å². The lowest BCUT2D eigenvalue weighted by atomic mass is 10.1. The first-order valence-corrected chi connectivity index (χ1v) is 8.12. The third-order valence-electron chi connectivity index (χ3n) is 3.34. The van der Waals surface area contributed by atoms with E-state index in [1.807, 2.05) is 12.1 Å². The number of methoxy groups -OCH3 is 2. The fourth-order valence-corrected chi connectivity index (χ4v) is 3.45. The van der Waals surface area contributed by atoms with Crippen molar-refractivity contribution >= 4 is 22.9 Å². The van der Waals surface area contributed by atoms with Gasteiger partial charge in [-0.05, 0) is 35.6 Å². The van der Waals surface area contributed by atoms with Gasteiger partial charge in [0.2, 0.25) is 0 Å². The number of rotatable bonds is 7. The van der Waals surface area contributed by atoms with E-state index in [1.165, 1.54) is 4.88 Å². The summed E-state index contributed by atoms with van der Waals surface area (Å²) >= 11 is 8.01. The molecular formula is C16H20ClNO2S. The summed E-state index contributed by atoms with van der Waals surface area (Å²) in [5.41, 5.74) is 1.08. The topological polar surface area (TPSA) is 30.5 Å². The second-order valence-electron chi connectivity index (χ2n) is 4.67. The molecule has 114 valence electrons. The number of thiophene rings is 1. The SMILES string of the molecule is CCC(NCc1cc(Cl)c(OC)c(OC)c1)c1cccs1. The first-order valence-electron chi connectivity index (χ1n) is 6.86. The Labute approximate surface area is 134 Å². The lowest BCUT2D eigenvalue weighted by Crippen LogP contribution is -2.19. The number of benzene rings is 1. The summed E-state index contributed by atoms with van der Waals surface area (Å²) in [6.45, 7) is 2.91. The lowest BCUT2D eigenvalue weighted by molar-refractivity contribution is 0.354. The Morgan fingerprint density at radius 1 is 1.29 bits per heavy atom. The van der Waals surface area contributed by atoms with Crippen LogP contribution in [0.25, 0.3) is 0 Å². The molecule has 5 heteroatoms. The van der Waals surface area contributed by atoms with E-state index in [4.69, 9.17) is 21.1 Å². The Morgan fingerprint density at radius 3 is 2.67 bits per heavy atom. The predicted octanol–water partition coefficient (Wildman–Crippen LogP) is 4.66. The molecule has 0 fully saturated rings. The largest absolute Gasteiger partial charge is 0.493 e. The molecule has 1 N–H and O–H groups in total. The molecule has 0 radical (unpaired) electrons. The molecule has 21 heavy (non-hydrogen) atoms. The van der Waals surface area contributed by atoms with Crippen LogP contribution in [-0.2, 0) is 6.54 Å². The van der Waals surface area contributed by atoms with E-state index in [1.54, 1.807) is 25.6 Å². The molecule has 1 aromatic heterocycles. The highest BCUT2D eigenvalue weighted by Crippen LogP contribution is 2.36. The molecule has 0 aliphatic heterocycles. The van der Waals surface area contributed by atoms with Crippen LogP contribution < -0.4 is 14.8 Å². The lowest BCUT2D eigenvalue weighted by Gasteiger charge is -2.17. The van der Waals surface area contributed by atoms with Gasteiger partial charge in [-0.3, -0.25) is 0 Å². The predicted molar refractivity (Wildman–Crippen MR) is 88.7 cm³/mol. The van der Waals surface area contributed by atoms with E-state index < -0.39 is 0 Å². The second-order valence-corrected chi connectivity index (χ2v) is 6.06. The summed E-state index contributed by atoms with van der Waals surface area (Å²) < 4.78 is 10.6. The maximum Gasteiger partial charge on any atom is 0.179 e. The van der Waals surface area contributed by atoms with Gasteiger partial charge in [-0.2, -0.15) is 0 Å². The summed E-state index contributed by atoms with van der Waals surface area (Å²) in [5, 5.41) is 6.23. The fourth-order valence-electron chi connectivity index (χ4n) is 2.25. The van der Waals surface area contributed by atoms with Gasteiger partial charge in [0.15, 0.2) is 11.5 Å². The molecular weight excluding hydrogens is 306 g/mol. The molecule has 1 heterocycles. The van der Waals surface area contributed by atoms with E-state index in [0.717, 1.165) is 18.5 Å². The number of ether oxygens (including phenoxy) is 2. The van der Waals surface area contributed by atoms with E-state index in [0.29, 0.717) is 22.6 Å². The van der Waals surface area contributed by atoms with Crippen molar-refractivity contribution in [1.29, 1.82) is 0 Å². The first-order chi connectivity index (χ1) is 10.2. The molecule has 3 nitrogen and oxygen atoms in total. The van der Waals surface area contributed by atoms with Crippen molar-refractivity contribution in [1.82, 2.24) is 5.32 Å². The molecule has 0 spiro atoms. The fraction of sp³-hybridized carbons (Fsp3) is 0.375. The van der Waals surface area contributed by atoms with Crippen LogP contribution in [0.15, 0.2) is 29.6 Å². The van der Waals surface area contributed by atoms with Gasteiger partial charge < -0.3 is 14.8 Å². The standard InChI is InChI=1S/C16H20ClNO2S/c1-4-13(15-6-5-7-21-15)18-10-11-8-12(17)16(20-3)14(9-11)19-2/h5-9,13,18H,4,10H2,1-3H3. The van der Waals surface area contributed by atoms with E-state index in [9.17, 15) is 0 Å². The maximum atomic E-state index is 6.23. The minimum Gasteiger partial charge on any atom is -0.493 e. The van der Waals surface area contributed by atoms with Crippen LogP contribution >= 0.6 is 22.9 Å². The van der Waals surface area contributed by atoms with Crippen molar-refractivity contribution < 1.29 is 9.47 Å². The number of nitrogens with one attached hydrogen (secondary N) is 1. The van der Waals surface area contributed by atoms with Gasteiger partial charge in [-0.1, -0.05) is 24.6 Å². The van der Waals surface area contributed by atoms with Gasteiger partial charge in [-0.25, -0.2) is 0 Å². The van der Waals surface area contributed by atoms with Crippen molar-refractivity contribution in [3.63, 3.8) is 0 Å². The molecule has 0 bridgehead atoms. The highest BCUT2D eigenvalue weighted by atomic mass is 35.5. The van der Waals surface area contributed by atoms with Crippen molar-refractivity contribution in [2.24, 2.45) is 0 Å². The Bertz CT molecular complexity index is 572. The summed E-state index contributed by atoms with van der Waals surface area (Å²) in [6.07, 6.45) is 1.04. The summed E-state index contributed by atoms with van der Waals surface area (Å²) in [7, 11) is 3.21. The van der Waals surface area contributed by atoms with Crippen LogP contribution in [0, 0.1) is 0 Å². The number of hydrogen-bond acceptors (Lipinski definition) is 4.